The fourth-order valence-electron chi connectivity index (χ4n) is 8.04. The van der Waals surface area contributed by atoms with Gasteiger partial charge in [-0.05, 0) is 72.3 Å². The van der Waals surface area contributed by atoms with E-state index in [-0.39, 0.29) is 16.6 Å². The number of rotatable bonds is 6. The Morgan fingerprint density at radius 2 is 1.29 bits per heavy atom. The summed E-state index contributed by atoms with van der Waals surface area (Å²) in [5, 5.41) is 7.22. The summed E-state index contributed by atoms with van der Waals surface area (Å²) < 4.78 is 0. The molecule has 178 valence electrons. The minimum Gasteiger partial charge on any atom is -0.316 e. The maximum atomic E-state index is 3.65. The number of hydrogen-bond donors (Lipinski definition) is 2. The number of nitrogens with one attached hydrogen (secondary N) is 2. The topological polar surface area (TPSA) is 33.8 Å². The van der Waals surface area contributed by atoms with Crippen LogP contribution >= 0.6 is 0 Å². The molecule has 5 fully saturated rings. The van der Waals surface area contributed by atoms with Gasteiger partial charge in [-0.1, -0.05) is 12.8 Å². The summed E-state index contributed by atoms with van der Waals surface area (Å²) in [7, 11) is 0. The molecule has 2 spiro atoms. The average Bonchev–Trinajstić information content (AvgIpc) is 3.35. The van der Waals surface area contributed by atoms with E-state index in [1.54, 1.807) is 0 Å². The van der Waals surface area contributed by atoms with Crippen molar-refractivity contribution in [2.45, 2.75) is 89.8 Å². The molecule has 5 heteroatoms. The zero-order valence-corrected chi connectivity index (χ0v) is 21.2. The summed E-state index contributed by atoms with van der Waals surface area (Å²) >= 11 is 0. The first-order chi connectivity index (χ1) is 14.6. The van der Waals surface area contributed by atoms with Crippen LogP contribution in [0.3, 0.4) is 0 Å². The van der Waals surface area contributed by atoms with E-state index in [1.807, 2.05) is 0 Å². The maximum absolute atomic E-state index is 3.65. The summed E-state index contributed by atoms with van der Waals surface area (Å²) in [5.41, 5.74) is 1.83. The van der Waals surface area contributed by atoms with Crippen LogP contribution in [0.1, 0.15) is 73.1 Å². The van der Waals surface area contributed by atoms with Crippen LogP contribution in [-0.2, 0) is 0 Å². The normalized spacial score (nSPS) is 31.6. The zero-order chi connectivity index (χ0) is 22.0. The highest BCUT2D eigenvalue weighted by Gasteiger charge is 2.60. The van der Waals surface area contributed by atoms with Gasteiger partial charge in [0.05, 0.1) is 0 Å². The van der Waals surface area contributed by atoms with Crippen LogP contribution in [0.15, 0.2) is 0 Å². The minimum atomic E-state index is 0.163. The molecule has 0 amide bonds. The van der Waals surface area contributed by atoms with Crippen molar-refractivity contribution in [1.29, 1.82) is 0 Å². The van der Waals surface area contributed by atoms with Gasteiger partial charge in [0.2, 0.25) is 0 Å². The van der Waals surface area contributed by atoms with Gasteiger partial charge in [-0.3, -0.25) is 14.7 Å². The second kappa shape index (κ2) is 7.66. The van der Waals surface area contributed by atoms with E-state index in [1.165, 1.54) is 90.9 Å². The Kier molecular flexibility index (Phi) is 5.58. The summed E-state index contributed by atoms with van der Waals surface area (Å²) in [5.74, 6) is 0. The lowest BCUT2D eigenvalue weighted by molar-refractivity contribution is -0.157. The molecule has 0 aromatic heterocycles. The van der Waals surface area contributed by atoms with Crippen molar-refractivity contribution in [3.05, 3.63) is 0 Å². The molecular weight excluding hydrogens is 382 g/mol. The Bertz CT molecular complexity index is 639. The van der Waals surface area contributed by atoms with Crippen LogP contribution in [0.4, 0.5) is 0 Å². The SMILES string of the molecule is CC(C)(CC(C)(N1CC2(CCNC2)C1)C(C)(C)N1CCNCC1)N1CC2(CCCC2)C1. The highest BCUT2D eigenvalue weighted by atomic mass is 15.4. The van der Waals surface area contributed by atoms with Crippen molar-refractivity contribution >= 4 is 0 Å². The van der Waals surface area contributed by atoms with Gasteiger partial charge in [-0.15, -0.1) is 0 Å². The van der Waals surface area contributed by atoms with E-state index in [0.717, 1.165) is 13.1 Å². The first-order valence-corrected chi connectivity index (χ1v) is 13.3. The maximum Gasteiger partial charge on any atom is 0.0377 e. The van der Waals surface area contributed by atoms with Gasteiger partial charge in [-0.2, -0.15) is 0 Å². The highest BCUT2D eigenvalue weighted by Crippen LogP contribution is 2.52. The molecule has 0 aromatic carbocycles. The smallest absolute Gasteiger partial charge is 0.0377 e. The average molecular weight is 432 g/mol. The number of likely N-dealkylation sites (tertiary alicyclic amines) is 2. The van der Waals surface area contributed by atoms with Crippen molar-refractivity contribution in [2.24, 2.45) is 10.8 Å². The summed E-state index contributed by atoms with van der Waals surface area (Å²) in [4.78, 5) is 8.54. The predicted molar refractivity (Wildman–Crippen MR) is 130 cm³/mol. The summed E-state index contributed by atoms with van der Waals surface area (Å²) in [6, 6.07) is 0. The van der Waals surface area contributed by atoms with Gasteiger partial charge in [0.25, 0.3) is 0 Å². The van der Waals surface area contributed by atoms with E-state index < -0.39 is 0 Å². The molecule has 4 aliphatic heterocycles. The Balaban J connectivity index is 1.36. The molecule has 1 aliphatic carbocycles. The van der Waals surface area contributed by atoms with Crippen molar-refractivity contribution in [3.8, 4) is 0 Å². The molecule has 5 nitrogen and oxygen atoms in total. The lowest BCUT2D eigenvalue weighted by Crippen LogP contribution is -2.77. The first-order valence-electron chi connectivity index (χ1n) is 13.3. The van der Waals surface area contributed by atoms with Gasteiger partial charge in [-0.25, -0.2) is 0 Å². The molecule has 5 aliphatic rings. The summed E-state index contributed by atoms with van der Waals surface area (Å²) in [6.07, 6.45) is 8.51. The van der Waals surface area contributed by atoms with Crippen LogP contribution < -0.4 is 10.6 Å². The molecule has 0 radical (unpaired) electrons. The Hall–Kier alpha value is -0.200. The van der Waals surface area contributed by atoms with Crippen LogP contribution in [0.2, 0.25) is 0 Å². The fraction of sp³-hybridized carbons (Fsp3) is 1.00. The standard InChI is InChI=1S/C26H49N5/c1-22(2,30-18-25(19-30)8-6-7-9-25)16-24(5,23(3,4)29-14-12-27-13-15-29)31-20-26(21-31)10-11-28-17-26/h27-28H,6-21H2,1-5H3. The van der Waals surface area contributed by atoms with Gasteiger partial charge in [0.1, 0.15) is 0 Å². The first kappa shape index (κ1) is 22.6. The van der Waals surface area contributed by atoms with Crippen molar-refractivity contribution in [2.75, 3.05) is 65.4 Å². The van der Waals surface area contributed by atoms with E-state index in [4.69, 9.17) is 0 Å². The molecule has 4 heterocycles. The molecule has 4 saturated heterocycles. The zero-order valence-electron chi connectivity index (χ0n) is 21.2. The highest BCUT2D eigenvalue weighted by molar-refractivity contribution is 5.16. The Labute approximate surface area is 191 Å². The largest absolute Gasteiger partial charge is 0.316 e. The molecule has 0 bridgehead atoms. The minimum absolute atomic E-state index is 0.163. The summed E-state index contributed by atoms with van der Waals surface area (Å²) in [6.45, 7) is 25.1. The third-order valence-corrected chi connectivity index (χ3v) is 10.7. The monoisotopic (exact) mass is 431 g/mol. The number of nitrogens with zero attached hydrogens (tertiary/aromatic N) is 3. The van der Waals surface area contributed by atoms with E-state index in [0.29, 0.717) is 10.8 Å². The second-order valence-electron chi connectivity index (χ2n) is 13.4. The van der Waals surface area contributed by atoms with E-state index in [9.17, 15) is 0 Å². The van der Waals surface area contributed by atoms with Crippen molar-refractivity contribution in [3.63, 3.8) is 0 Å². The quantitative estimate of drug-likeness (QED) is 0.676. The lowest BCUT2D eigenvalue weighted by atomic mass is 9.64. The van der Waals surface area contributed by atoms with Crippen molar-refractivity contribution in [1.82, 2.24) is 25.3 Å². The second-order valence-corrected chi connectivity index (χ2v) is 13.4. The van der Waals surface area contributed by atoms with Crippen LogP contribution in [0, 0.1) is 10.8 Å². The Morgan fingerprint density at radius 1 is 0.677 bits per heavy atom. The molecule has 1 saturated carbocycles. The van der Waals surface area contributed by atoms with E-state index in [2.05, 4.69) is 60.0 Å². The van der Waals surface area contributed by atoms with E-state index >= 15 is 0 Å². The van der Waals surface area contributed by atoms with Gasteiger partial charge in [0.15, 0.2) is 0 Å². The van der Waals surface area contributed by atoms with Crippen LogP contribution in [-0.4, -0.2) is 96.8 Å². The molecule has 2 N–H and O–H groups in total. The molecule has 0 aromatic rings. The predicted octanol–water partition coefficient (Wildman–Crippen LogP) is 2.77. The lowest BCUT2D eigenvalue weighted by Gasteiger charge is -2.66. The molecule has 1 atom stereocenters. The molecule has 1 unspecified atom stereocenters. The Morgan fingerprint density at radius 3 is 1.87 bits per heavy atom. The third kappa shape index (κ3) is 3.71. The van der Waals surface area contributed by atoms with Gasteiger partial charge >= 0.3 is 0 Å². The number of piperazine rings is 1. The van der Waals surface area contributed by atoms with Gasteiger partial charge < -0.3 is 10.6 Å². The third-order valence-electron chi connectivity index (χ3n) is 10.7. The molecule has 31 heavy (non-hydrogen) atoms. The molecule has 5 rings (SSSR count). The van der Waals surface area contributed by atoms with Crippen molar-refractivity contribution < 1.29 is 0 Å². The number of hydrogen-bond acceptors (Lipinski definition) is 5. The van der Waals surface area contributed by atoms with Crippen LogP contribution in [0.25, 0.3) is 0 Å². The van der Waals surface area contributed by atoms with Gasteiger partial charge in [0, 0.05) is 80.9 Å². The molecular formula is C26H49N5. The van der Waals surface area contributed by atoms with Crippen LogP contribution in [0.5, 0.6) is 0 Å². The fourth-order valence-corrected chi connectivity index (χ4v) is 8.04.